The lowest BCUT2D eigenvalue weighted by Crippen LogP contribution is -2.52. The highest BCUT2D eigenvalue weighted by Gasteiger charge is 2.19. The first-order chi connectivity index (χ1) is 7.75. The molecule has 0 radical (unpaired) electrons. The van der Waals surface area contributed by atoms with Gasteiger partial charge in [0.25, 0.3) is 0 Å². The van der Waals surface area contributed by atoms with E-state index in [1.54, 1.807) is 0 Å². The predicted molar refractivity (Wildman–Crippen MR) is 63.1 cm³/mol. The Kier molecular flexibility index (Phi) is 3.64. The first-order valence-corrected chi connectivity index (χ1v) is 6.10. The summed E-state index contributed by atoms with van der Waals surface area (Å²) < 4.78 is 0. The molecule has 1 aliphatic heterocycles. The number of carbonyl (C=O) groups excluding carboxylic acids is 1. The highest BCUT2D eigenvalue weighted by Crippen LogP contribution is 2.20. The molecular weight excluding hydrogens is 204 g/mol. The predicted octanol–water partition coefficient (Wildman–Crippen LogP) is 0.0656. The Morgan fingerprint density at radius 1 is 1.38 bits per heavy atom. The number of aliphatic imine (C=N–C) groups is 1. The van der Waals surface area contributed by atoms with Gasteiger partial charge < -0.3 is 16.0 Å². The maximum absolute atomic E-state index is 11.2. The fraction of sp³-hybridized carbons (Fsp3) is 0.818. The van der Waals surface area contributed by atoms with E-state index in [1.165, 1.54) is 19.3 Å². The number of piperazine rings is 1. The zero-order valence-corrected chi connectivity index (χ0v) is 9.61. The molecule has 1 saturated heterocycles. The molecule has 1 aliphatic carbocycles. The first kappa shape index (κ1) is 11.2. The Morgan fingerprint density at radius 2 is 2.12 bits per heavy atom. The third-order valence-corrected chi connectivity index (χ3v) is 3.25. The summed E-state index contributed by atoms with van der Waals surface area (Å²) in [4.78, 5) is 17.6. The van der Waals surface area contributed by atoms with Gasteiger partial charge in [0, 0.05) is 13.1 Å². The number of rotatable bonds is 1. The Hall–Kier alpha value is -1.26. The maximum Gasteiger partial charge on any atom is 0.239 e. The second-order valence-corrected chi connectivity index (χ2v) is 4.55. The summed E-state index contributed by atoms with van der Waals surface area (Å²) in [5.74, 6) is 0.579. The molecule has 5 nitrogen and oxygen atoms in total. The van der Waals surface area contributed by atoms with Crippen LogP contribution in [-0.2, 0) is 4.79 Å². The van der Waals surface area contributed by atoms with Gasteiger partial charge in [-0.3, -0.25) is 4.79 Å². The fourth-order valence-corrected chi connectivity index (χ4v) is 2.31. The molecule has 2 aliphatic rings. The van der Waals surface area contributed by atoms with Crippen LogP contribution in [0.15, 0.2) is 4.99 Å². The normalized spacial score (nSPS) is 24.4. The lowest BCUT2D eigenvalue weighted by Gasteiger charge is -2.28. The van der Waals surface area contributed by atoms with Gasteiger partial charge in [0.1, 0.15) is 0 Å². The number of amides is 1. The molecule has 5 heteroatoms. The van der Waals surface area contributed by atoms with E-state index >= 15 is 0 Å². The molecule has 1 heterocycles. The van der Waals surface area contributed by atoms with Crippen LogP contribution >= 0.6 is 0 Å². The molecule has 0 unspecified atom stereocenters. The van der Waals surface area contributed by atoms with E-state index in [9.17, 15) is 4.79 Å². The van der Waals surface area contributed by atoms with Crippen LogP contribution in [0.3, 0.4) is 0 Å². The quantitative estimate of drug-likeness (QED) is 0.489. The lowest BCUT2D eigenvalue weighted by atomic mass is 9.96. The smallest absolute Gasteiger partial charge is 0.239 e. The number of hydrogen-bond acceptors (Lipinski definition) is 2. The third kappa shape index (κ3) is 2.87. The van der Waals surface area contributed by atoms with Crippen molar-refractivity contribution in [3.05, 3.63) is 0 Å². The second-order valence-electron chi connectivity index (χ2n) is 4.55. The zero-order chi connectivity index (χ0) is 11.4. The van der Waals surface area contributed by atoms with Gasteiger partial charge in [0.2, 0.25) is 5.91 Å². The summed E-state index contributed by atoms with van der Waals surface area (Å²) in [5, 5.41) is 2.78. The molecular formula is C11H20N4O. The van der Waals surface area contributed by atoms with E-state index in [1.807, 2.05) is 4.90 Å². The van der Waals surface area contributed by atoms with Crippen LogP contribution in [0.5, 0.6) is 0 Å². The van der Waals surface area contributed by atoms with Gasteiger partial charge in [0.05, 0.1) is 12.6 Å². The molecule has 2 fully saturated rings. The van der Waals surface area contributed by atoms with Crippen LogP contribution in [0.2, 0.25) is 0 Å². The average molecular weight is 224 g/mol. The minimum Gasteiger partial charge on any atom is -0.370 e. The van der Waals surface area contributed by atoms with E-state index < -0.39 is 0 Å². The first-order valence-electron chi connectivity index (χ1n) is 6.10. The summed E-state index contributed by atoms with van der Waals surface area (Å²) >= 11 is 0. The van der Waals surface area contributed by atoms with E-state index in [2.05, 4.69) is 10.3 Å². The standard InChI is InChI=1S/C11H20N4O/c12-11(14-9-4-2-1-3-5-9)15-7-6-13-10(16)8-15/h9H,1-8H2,(H2,12,14)(H,13,16). The van der Waals surface area contributed by atoms with Crippen molar-refractivity contribution < 1.29 is 4.79 Å². The van der Waals surface area contributed by atoms with E-state index in [-0.39, 0.29) is 5.91 Å². The second kappa shape index (κ2) is 5.18. The van der Waals surface area contributed by atoms with Crippen molar-refractivity contribution in [1.29, 1.82) is 0 Å². The SMILES string of the molecule is N/C(=N/C1CCCCC1)N1CCNC(=O)C1. The zero-order valence-electron chi connectivity index (χ0n) is 9.61. The van der Waals surface area contributed by atoms with Crippen LogP contribution in [0.25, 0.3) is 0 Å². The van der Waals surface area contributed by atoms with E-state index in [0.29, 0.717) is 25.1 Å². The molecule has 0 bridgehead atoms. The van der Waals surface area contributed by atoms with Crippen molar-refractivity contribution in [3.63, 3.8) is 0 Å². The fourth-order valence-electron chi connectivity index (χ4n) is 2.31. The molecule has 0 aromatic rings. The monoisotopic (exact) mass is 224 g/mol. The summed E-state index contributed by atoms with van der Waals surface area (Å²) in [5.41, 5.74) is 5.94. The van der Waals surface area contributed by atoms with Crippen LogP contribution in [-0.4, -0.2) is 42.4 Å². The van der Waals surface area contributed by atoms with Crippen molar-refractivity contribution >= 4 is 11.9 Å². The molecule has 0 atom stereocenters. The van der Waals surface area contributed by atoms with Gasteiger partial charge in [-0.2, -0.15) is 0 Å². The minimum atomic E-state index is 0.0352. The molecule has 0 aromatic heterocycles. The van der Waals surface area contributed by atoms with E-state index in [4.69, 9.17) is 5.73 Å². The van der Waals surface area contributed by atoms with Crippen molar-refractivity contribution in [1.82, 2.24) is 10.2 Å². The molecule has 90 valence electrons. The summed E-state index contributed by atoms with van der Waals surface area (Å²) in [6, 6.07) is 0.374. The topological polar surface area (TPSA) is 70.7 Å². The highest BCUT2D eigenvalue weighted by molar-refractivity contribution is 5.86. The molecule has 16 heavy (non-hydrogen) atoms. The number of nitrogens with two attached hydrogens (primary N) is 1. The molecule has 1 saturated carbocycles. The van der Waals surface area contributed by atoms with Crippen molar-refractivity contribution in [2.75, 3.05) is 19.6 Å². The molecule has 0 aromatic carbocycles. The van der Waals surface area contributed by atoms with Gasteiger partial charge in [-0.1, -0.05) is 19.3 Å². The lowest BCUT2D eigenvalue weighted by molar-refractivity contribution is -0.122. The van der Waals surface area contributed by atoms with Crippen LogP contribution < -0.4 is 11.1 Å². The number of guanidine groups is 1. The number of nitrogens with zero attached hydrogens (tertiary/aromatic N) is 2. The molecule has 3 N–H and O–H groups in total. The van der Waals surface area contributed by atoms with Crippen molar-refractivity contribution in [2.24, 2.45) is 10.7 Å². The number of carbonyl (C=O) groups is 1. The van der Waals surface area contributed by atoms with E-state index in [0.717, 1.165) is 19.4 Å². The molecule has 2 rings (SSSR count). The number of nitrogens with one attached hydrogen (secondary N) is 1. The van der Waals surface area contributed by atoms with Crippen LogP contribution in [0.4, 0.5) is 0 Å². The Bertz CT molecular complexity index is 284. The van der Waals surface area contributed by atoms with Crippen molar-refractivity contribution in [3.8, 4) is 0 Å². The molecule has 1 amide bonds. The van der Waals surface area contributed by atoms with Gasteiger partial charge in [-0.05, 0) is 12.8 Å². The Balaban J connectivity index is 1.91. The summed E-state index contributed by atoms with van der Waals surface area (Å²) in [6.45, 7) is 1.79. The average Bonchev–Trinajstić information content (AvgIpc) is 2.30. The van der Waals surface area contributed by atoms with Gasteiger partial charge in [-0.25, -0.2) is 4.99 Å². The largest absolute Gasteiger partial charge is 0.370 e. The van der Waals surface area contributed by atoms with Crippen LogP contribution in [0, 0.1) is 0 Å². The Morgan fingerprint density at radius 3 is 2.81 bits per heavy atom. The minimum absolute atomic E-state index is 0.0352. The Labute approximate surface area is 96.1 Å². The van der Waals surface area contributed by atoms with Gasteiger partial charge in [-0.15, -0.1) is 0 Å². The van der Waals surface area contributed by atoms with Gasteiger partial charge in [0.15, 0.2) is 5.96 Å². The summed E-state index contributed by atoms with van der Waals surface area (Å²) in [7, 11) is 0. The number of hydrogen-bond donors (Lipinski definition) is 2. The van der Waals surface area contributed by atoms with Crippen LogP contribution in [0.1, 0.15) is 32.1 Å². The maximum atomic E-state index is 11.2. The molecule has 0 spiro atoms. The highest BCUT2D eigenvalue weighted by atomic mass is 16.2. The third-order valence-electron chi connectivity index (χ3n) is 3.25. The van der Waals surface area contributed by atoms with Crippen molar-refractivity contribution in [2.45, 2.75) is 38.1 Å². The summed E-state index contributed by atoms with van der Waals surface area (Å²) in [6.07, 6.45) is 6.10. The van der Waals surface area contributed by atoms with Gasteiger partial charge >= 0.3 is 0 Å².